The summed E-state index contributed by atoms with van der Waals surface area (Å²) in [7, 11) is 1.62. The van der Waals surface area contributed by atoms with E-state index in [1.807, 2.05) is 18.2 Å². The van der Waals surface area contributed by atoms with Gasteiger partial charge >= 0.3 is 0 Å². The highest BCUT2D eigenvalue weighted by Gasteiger charge is 2.34. The lowest BCUT2D eigenvalue weighted by Crippen LogP contribution is -2.43. The predicted octanol–water partition coefficient (Wildman–Crippen LogP) is 3.27. The van der Waals surface area contributed by atoms with Crippen LogP contribution in [0.4, 0.5) is 4.39 Å². The smallest absolute Gasteiger partial charge is 0.230 e. The number of benzene rings is 2. The molecule has 138 valence electrons. The minimum absolute atomic E-state index is 0.159. The van der Waals surface area contributed by atoms with E-state index in [-0.39, 0.29) is 24.0 Å². The minimum Gasteiger partial charge on any atom is -0.497 e. The third-order valence-electron chi connectivity index (χ3n) is 4.61. The number of ether oxygens (including phenoxy) is 1. The minimum atomic E-state index is -1.06. The molecule has 1 aliphatic carbocycles. The van der Waals surface area contributed by atoms with E-state index in [9.17, 15) is 14.3 Å². The molecule has 0 bridgehead atoms. The number of hydrogen-bond donors (Lipinski definition) is 2. The maximum absolute atomic E-state index is 12.9. The first-order chi connectivity index (χ1) is 12.5. The van der Waals surface area contributed by atoms with Gasteiger partial charge in [0.05, 0.1) is 19.4 Å². The summed E-state index contributed by atoms with van der Waals surface area (Å²) in [5.41, 5.74) is 0.861. The van der Waals surface area contributed by atoms with Gasteiger partial charge in [-0.3, -0.25) is 4.79 Å². The Morgan fingerprint density at radius 1 is 1.31 bits per heavy atom. The number of aliphatic hydroxyl groups is 1. The summed E-state index contributed by atoms with van der Waals surface area (Å²) in [6.45, 7) is 0.176. The second kappa shape index (κ2) is 8.10. The molecular formula is C20H22FNO3S. The zero-order valence-corrected chi connectivity index (χ0v) is 15.4. The molecule has 6 heteroatoms. The Balaban J connectivity index is 1.59. The zero-order chi connectivity index (χ0) is 18.6. The molecule has 1 amide bonds. The van der Waals surface area contributed by atoms with Crippen molar-refractivity contribution in [2.24, 2.45) is 0 Å². The number of nitrogens with one attached hydrogen (secondary N) is 1. The Kier molecular flexibility index (Phi) is 5.84. The third-order valence-corrected chi connectivity index (χ3v) is 5.62. The lowest BCUT2D eigenvalue weighted by Gasteiger charge is -2.35. The van der Waals surface area contributed by atoms with Gasteiger partial charge in [-0.1, -0.05) is 6.07 Å². The molecule has 0 aliphatic heterocycles. The number of aryl methyl sites for hydroxylation is 1. The highest BCUT2D eigenvalue weighted by molar-refractivity contribution is 8.00. The van der Waals surface area contributed by atoms with Crippen LogP contribution in [0, 0.1) is 5.82 Å². The van der Waals surface area contributed by atoms with Gasteiger partial charge in [0.15, 0.2) is 0 Å². The largest absolute Gasteiger partial charge is 0.497 e. The first-order valence-electron chi connectivity index (χ1n) is 8.55. The molecule has 1 atom stereocenters. The van der Waals surface area contributed by atoms with Crippen LogP contribution in [-0.4, -0.2) is 30.4 Å². The lowest BCUT2D eigenvalue weighted by molar-refractivity contribution is -0.120. The summed E-state index contributed by atoms with van der Waals surface area (Å²) in [4.78, 5) is 13.0. The van der Waals surface area contributed by atoms with Gasteiger partial charge in [-0.25, -0.2) is 4.39 Å². The molecule has 26 heavy (non-hydrogen) atoms. The van der Waals surface area contributed by atoms with Gasteiger partial charge in [0.1, 0.15) is 17.2 Å². The summed E-state index contributed by atoms with van der Waals surface area (Å²) in [5, 5.41) is 13.9. The normalized spacial score (nSPS) is 18.9. The molecule has 1 unspecified atom stereocenters. The van der Waals surface area contributed by atoms with Crippen LogP contribution < -0.4 is 10.1 Å². The van der Waals surface area contributed by atoms with E-state index in [2.05, 4.69) is 5.32 Å². The number of fused-ring (bicyclic) bond motifs is 1. The summed E-state index contributed by atoms with van der Waals surface area (Å²) >= 11 is 1.34. The van der Waals surface area contributed by atoms with Crippen molar-refractivity contribution >= 4 is 17.7 Å². The number of halogens is 1. The number of methoxy groups -OCH3 is 1. The molecule has 3 rings (SSSR count). The van der Waals surface area contributed by atoms with E-state index in [4.69, 9.17) is 4.74 Å². The van der Waals surface area contributed by atoms with Gasteiger partial charge in [-0.05, 0) is 66.8 Å². The number of rotatable bonds is 6. The molecular weight excluding hydrogens is 353 g/mol. The molecule has 0 fully saturated rings. The Labute approximate surface area is 156 Å². The van der Waals surface area contributed by atoms with Crippen molar-refractivity contribution in [3.05, 3.63) is 59.4 Å². The molecule has 0 saturated carbocycles. The van der Waals surface area contributed by atoms with Gasteiger partial charge in [0.25, 0.3) is 0 Å². The zero-order valence-electron chi connectivity index (χ0n) is 14.6. The molecule has 0 radical (unpaired) electrons. The Morgan fingerprint density at radius 3 is 2.81 bits per heavy atom. The molecule has 2 aromatic carbocycles. The van der Waals surface area contributed by atoms with Crippen molar-refractivity contribution in [1.29, 1.82) is 0 Å². The number of carbonyl (C=O) groups is 1. The van der Waals surface area contributed by atoms with Crippen molar-refractivity contribution < 1.29 is 19.0 Å². The van der Waals surface area contributed by atoms with Crippen LogP contribution in [-0.2, 0) is 16.8 Å². The first-order valence-corrected chi connectivity index (χ1v) is 9.53. The topological polar surface area (TPSA) is 58.6 Å². The van der Waals surface area contributed by atoms with E-state index in [1.165, 1.54) is 23.9 Å². The van der Waals surface area contributed by atoms with Gasteiger partial charge in [-0.15, -0.1) is 11.8 Å². The monoisotopic (exact) mass is 375 g/mol. The predicted molar refractivity (Wildman–Crippen MR) is 100.0 cm³/mol. The van der Waals surface area contributed by atoms with Crippen molar-refractivity contribution in [1.82, 2.24) is 5.32 Å². The molecule has 0 aromatic heterocycles. The first kappa shape index (κ1) is 18.7. The molecule has 0 saturated heterocycles. The van der Waals surface area contributed by atoms with Crippen LogP contribution in [0.15, 0.2) is 47.4 Å². The standard InChI is InChI=1S/C20H22FNO3S/c1-25-16-6-9-18-14(11-16)3-2-10-20(18,24)13-22-19(23)12-26-17-7-4-15(21)5-8-17/h4-9,11,24H,2-3,10,12-13H2,1H3,(H,22,23). The Morgan fingerprint density at radius 2 is 2.08 bits per heavy atom. The van der Waals surface area contributed by atoms with Crippen LogP contribution in [0.3, 0.4) is 0 Å². The van der Waals surface area contributed by atoms with Crippen molar-refractivity contribution in [2.45, 2.75) is 29.8 Å². The third kappa shape index (κ3) is 4.37. The van der Waals surface area contributed by atoms with Gasteiger partial charge in [0.2, 0.25) is 5.91 Å². The second-order valence-corrected chi connectivity index (χ2v) is 7.48. The molecule has 0 heterocycles. The average molecular weight is 375 g/mol. The van der Waals surface area contributed by atoms with Crippen LogP contribution in [0.5, 0.6) is 5.75 Å². The Bertz CT molecular complexity index is 781. The maximum atomic E-state index is 12.9. The number of hydrogen-bond acceptors (Lipinski definition) is 4. The fraction of sp³-hybridized carbons (Fsp3) is 0.350. The van der Waals surface area contributed by atoms with E-state index in [1.54, 1.807) is 19.2 Å². The summed E-state index contributed by atoms with van der Waals surface area (Å²) in [6.07, 6.45) is 2.36. The van der Waals surface area contributed by atoms with Crippen molar-refractivity contribution in [2.75, 3.05) is 19.4 Å². The lowest BCUT2D eigenvalue weighted by atomic mass is 9.79. The van der Waals surface area contributed by atoms with E-state index in [0.717, 1.165) is 34.6 Å². The van der Waals surface area contributed by atoms with E-state index >= 15 is 0 Å². The number of thioether (sulfide) groups is 1. The number of amides is 1. The van der Waals surface area contributed by atoms with E-state index < -0.39 is 5.60 Å². The molecule has 2 aromatic rings. The fourth-order valence-corrected chi connectivity index (χ4v) is 3.95. The highest BCUT2D eigenvalue weighted by atomic mass is 32.2. The van der Waals surface area contributed by atoms with Crippen LogP contribution >= 0.6 is 11.8 Å². The molecule has 4 nitrogen and oxygen atoms in total. The average Bonchev–Trinajstić information content (AvgIpc) is 2.66. The van der Waals surface area contributed by atoms with Gasteiger partial charge in [0, 0.05) is 4.90 Å². The summed E-state index contributed by atoms with van der Waals surface area (Å²) in [5.74, 6) is 0.534. The maximum Gasteiger partial charge on any atom is 0.230 e. The Hall–Kier alpha value is -2.05. The SMILES string of the molecule is COc1ccc2c(c1)CCCC2(O)CNC(=O)CSc1ccc(F)cc1. The van der Waals surface area contributed by atoms with Gasteiger partial charge < -0.3 is 15.2 Å². The van der Waals surface area contributed by atoms with Crippen molar-refractivity contribution in [3.8, 4) is 5.75 Å². The number of carbonyl (C=O) groups excluding carboxylic acids is 1. The molecule has 2 N–H and O–H groups in total. The second-order valence-electron chi connectivity index (χ2n) is 6.43. The molecule has 0 spiro atoms. The fourth-order valence-electron chi connectivity index (χ4n) is 3.22. The van der Waals surface area contributed by atoms with Crippen molar-refractivity contribution in [3.63, 3.8) is 0 Å². The quantitative estimate of drug-likeness (QED) is 0.761. The van der Waals surface area contributed by atoms with Crippen LogP contribution in [0.25, 0.3) is 0 Å². The van der Waals surface area contributed by atoms with Crippen LogP contribution in [0.1, 0.15) is 24.0 Å². The summed E-state index contributed by atoms with van der Waals surface area (Å²) in [6, 6.07) is 11.7. The summed E-state index contributed by atoms with van der Waals surface area (Å²) < 4.78 is 18.1. The van der Waals surface area contributed by atoms with Gasteiger partial charge in [-0.2, -0.15) is 0 Å². The molecule has 1 aliphatic rings. The van der Waals surface area contributed by atoms with Crippen LogP contribution in [0.2, 0.25) is 0 Å². The van der Waals surface area contributed by atoms with E-state index in [0.29, 0.717) is 6.42 Å². The highest BCUT2D eigenvalue weighted by Crippen LogP contribution is 2.36.